The summed E-state index contributed by atoms with van der Waals surface area (Å²) in [5, 5.41) is 4.32. The molecular formula is C13H20ClN. The molecule has 0 heterocycles. The minimum Gasteiger partial charge on any atom is -0.310 e. The summed E-state index contributed by atoms with van der Waals surface area (Å²) in [6, 6.07) is 8.64. The van der Waals surface area contributed by atoms with Crippen molar-refractivity contribution in [3.63, 3.8) is 0 Å². The van der Waals surface area contributed by atoms with Crippen molar-refractivity contribution in [2.45, 2.75) is 39.2 Å². The first-order valence-corrected chi connectivity index (χ1v) is 6.14. The van der Waals surface area contributed by atoms with E-state index < -0.39 is 0 Å². The van der Waals surface area contributed by atoms with Gasteiger partial charge in [0.2, 0.25) is 0 Å². The number of hydrogen-bond acceptors (Lipinski definition) is 1. The predicted molar refractivity (Wildman–Crippen MR) is 67.4 cm³/mol. The van der Waals surface area contributed by atoms with E-state index in [0.717, 1.165) is 11.6 Å². The van der Waals surface area contributed by atoms with E-state index in [1.807, 2.05) is 12.1 Å². The largest absolute Gasteiger partial charge is 0.310 e. The van der Waals surface area contributed by atoms with Gasteiger partial charge in [0, 0.05) is 11.1 Å². The number of benzene rings is 1. The quantitative estimate of drug-likeness (QED) is 0.766. The Balaban J connectivity index is 2.65. The van der Waals surface area contributed by atoms with Gasteiger partial charge in [-0.2, -0.15) is 0 Å². The van der Waals surface area contributed by atoms with Crippen LogP contribution in [0.15, 0.2) is 24.3 Å². The molecule has 0 bridgehead atoms. The summed E-state index contributed by atoms with van der Waals surface area (Å²) in [6.45, 7) is 5.39. The van der Waals surface area contributed by atoms with Crippen LogP contribution < -0.4 is 5.32 Å². The number of halogens is 1. The van der Waals surface area contributed by atoms with Gasteiger partial charge in [-0.05, 0) is 30.7 Å². The third-order valence-corrected chi connectivity index (χ3v) is 2.82. The molecule has 0 aliphatic heterocycles. The van der Waals surface area contributed by atoms with Crippen LogP contribution in [-0.4, -0.2) is 6.54 Å². The van der Waals surface area contributed by atoms with Crippen molar-refractivity contribution < 1.29 is 0 Å². The topological polar surface area (TPSA) is 12.0 Å². The molecule has 1 N–H and O–H groups in total. The van der Waals surface area contributed by atoms with Crippen LogP contribution in [0.4, 0.5) is 0 Å². The molecule has 15 heavy (non-hydrogen) atoms. The molecular weight excluding hydrogens is 206 g/mol. The smallest absolute Gasteiger partial charge is 0.0406 e. The van der Waals surface area contributed by atoms with E-state index in [1.54, 1.807) is 0 Å². The molecule has 1 unspecified atom stereocenters. The van der Waals surface area contributed by atoms with Gasteiger partial charge < -0.3 is 5.32 Å². The fourth-order valence-electron chi connectivity index (χ4n) is 1.74. The lowest BCUT2D eigenvalue weighted by molar-refractivity contribution is 0.495. The van der Waals surface area contributed by atoms with E-state index in [9.17, 15) is 0 Å². The van der Waals surface area contributed by atoms with Gasteiger partial charge in [-0.25, -0.2) is 0 Å². The first kappa shape index (κ1) is 12.5. The van der Waals surface area contributed by atoms with Crippen LogP contribution >= 0.6 is 11.6 Å². The Morgan fingerprint density at radius 1 is 1.20 bits per heavy atom. The first-order valence-electron chi connectivity index (χ1n) is 5.76. The standard InChI is InChI=1S/C13H20ClN/c1-3-5-6-13(15-4-2)11-7-9-12(14)10-8-11/h7-10,13,15H,3-6H2,1-2H3. The third-order valence-electron chi connectivity index (χ3n) is 2.57. The summed E-state index contributed by atoms with van der Waals surface area (Å²) in [7, 11) is 0. The molecule has 1 aromatic carbocycles. The van der Waals surface area contributed by atoms with Gasteiger partial charge in [0.1, 0.15) is 0 Å². The second kappa shape index (κ2) is 6.86. The molecule has 1 rings (SSSR count). The zero-order valence-electron chi connectivity index (χ0n) is 9.59. The van der Waals surface area contributed by atoms with Crippen molar-refractivity contribution >= 4 is 11.6 Å². The summed E-state index contributed by atoms with van der Waals surface area (Å²) in [5.41, 5.74) is 1.34. The van der Waals surface area contributed by atoms with E-state index in [1.165, 1.54) is 24.8 Å². The lowest BCUT2D eigenvalue weighted by Crippen LogP contribution is -2.20. The average Bonchev–Trinajstić information content (AvgIpc) is 2.25. The van der Waals surface area contributed by atoms with Crippen LogP contribution in [-0.2, 0) is 0 Å². The van der Waals surface area contributed by atoms with Gasteiger partial charge in [0.05, 0.1) is 0 Å². The number of rotatable bonds is 6. The predicted octanol–water partition coefficient (Wildman–Crippen LogP) is 4.18. The Kier molecular flexibility index (Phi) is 5.74. The highest BCUT2D eigenvalue weighted by Crippen LogP contribution is 2.21. The summed E-state index contributed by atoms with van der Waals surface area (Å²) in [4.78, 5) is 0. The Hall–Kier alpha value is -0.530. The van der Waals surface area contributed by atoms with Crippen LogP contribution in [0.25, 0.3) is 0 Å². The molecule has 0 saturated carbocycles. The van der Waals surface area contributed by atoms with E-state index in [4.69, 9.17) is 11.6 Å². The Morgan fingerprint density at radius 2 is 1.87 bits per heavy atom. The van der Waals surface area contributed by atoms with Crippen molar-refractivity contribution in [2.75, 3.05) is 6.54 Å². The highest BCUT2D eigenvalue weighted by molar-refractivity contribution is 6.30. The molecule has 0 aliphatic carbocycles. The highest BCUT2D eigenvalue weighted by atomic mass is 35.5. The first-order chi connectivity index (χ1) is 7.27. The van der Waals surface area contributed by atoms with Crippen molar-refractivity contribution in [1.82, 2.24) is 5.32 Å². The van der Waals surface area contributed by atoms with Crippen molar-refractivity contribution in [2.24, 2.45) is 0 Å². The van der Waals surface area contributed by atoms with Crippen LogP contribution in [0.3, 0.4) is 0 Å². The number of hydrogen-bond donors (Lipinski definition) is 1. The molecule has 2 heteroatoms. The normalized spacial score (nSPS) is 12.7. The molecule has 1 atom stereocenters. The highest BCUT2D eigenvalue weighted by Gasteiger charge is 2.08. The third kappa shape index (κ3) is 4.23. The summed E-state index contributed by atoms with van der Waals surface area (Å²) < 4.78 is 0. The average molecular weight is 226 g/mol. The van der Waals surface area contributed by atoms with Gasteiger partial charge in [0.25, 0.3) is 0 Å². The van der Waals surface area contributed by atoms with Crippen molar-refractivity contribution in [1.29, 1.82) is 0 Å². The maximum atomic E-state index is 5.88. The summed E-state index contributed by atoms with van der Waals surface area (Å²) in [6.07, 6.45) is 3.71. The summed E-state index contributed by atoms with van der Waals surface area (Å²) >= 11 is 5.88. The number of nitrogens with one attached hydrogen (secondary N) is 1. The van der Waals surface area contributed by atoms with Crippen LogP contribution in [0, 0.1) is 0 Å². The summed E-state index contributed by atoms with van der Waals surface area (Å²) in [5.74, 6) is 0. The Morgan fingerprint density at radius 3 is 2.40 bits per heavy atom. The second-order valence-electron chi connectivity index (χ2n) is 3.80. The van der Waals surface area contributed by atoms with E-state index >= 15 is 0 Å². The van der Waals surface area contributed by atoms with Crippen molar-refractivity contribution in [3.05, 3.63) is 34.9 Å². The fourth-order valence-corrected chi connectivity index (χ4v) is 1.86. The van der Waals surface area contributed by atoms with Crippen LogP contribution in [0.2, 0.25) is 5.02 Å². The van der Waals surface area contributed by atoms with Crippen LogP contribution in [0.1, 0.15) is 44.7 Å². The lowest BCUT2D eigenvalue weighted by atomic mass is 10.0. The molecule has 0 amide bonds. The molecule has 0 fully saturated rings. The minimum atomic E-state index is 0.479. The minimum absolute atomic E-state index is 0.479. The second-order valence-corrected chi connectivity index (χ2v) is 4.24. The lowest BCUT2D eigenvalue weighted by Gasteiger charge is -2.18. The van der Waals surface area contributed by atoms with Crippen molar-refractivity contribution in [3.8, 4) is 0 Å². The molecule has 1 nitrogen and oxygen atoms in total. The van der Waals surface area contributed by atoms with Gasteiger partial charge in [-0.1, -0.05) is 50.4 Å². The SMILES string of the molecule is CCCCC(NCC)c1ccc(Cl)cc1. The molecule has 0 aromatic heterocycles. The van der Waals surface area contributed by atoms with E-state index in [0.29, 0.717) is 6.04 Å². The molecule has 0 radical (unpaired) electrons. The molecule has 0 saturated heterocycles. The Bertz CT molecular complexity index is 268. The monoisotopic (exact) mass is 225 g/mol. The van der Waals surface area contributed by atoms with Gasteiger partial charge in [0.15, 0.2) is 0 Å². The molecule has 1 aromatic rings. The fraction of sp³-hybridized carbons (Fsp3) is 0.538. The van der Waals surface area contributed by atoms with E-state index in [2.05, 4.69) is 31.3 Å². The zero-order chi connectivity index (χ0) is 11.1. The maximum absolute atomic E-state index is 5.88. The molecule has 0 aliphatic rings. The van der Waals surface area contributed by atoms with E-state index in [-0.39, 0.29) is 0 Å². The Labute approximate surface area is 97.8 Å². The number of unbranched alkanes of at least 4 members (excludes halogenated alkanes) is 1. The molecule has 84 valence electrons. The van der Waals surface area contributed by atoms with Gasteiger partial charge in [-0.15, -0.1) is 0 Å². The maximum Gasteiger partial charge on any atom is 0.0406 e. The molecule has 0 spiro atoms. The van der Waals surface area contributed by atoms with Gasteiger partial charge in [-0.3, -0.25) is 0 Å². The van der Waals surface area contributed by atoms with Crippen LogP contribution in [0.5, 0.6) is 0 Å². The van der Waals surface area contributed by atoms with Gasteiger partial charge >= 0.3 is 0 Å². The zero-order valence-corrected chi connectivity index (χ0v) is 10.3.